The normalized spacial score (nSPS) is 26.0. The molecule has 5 atom stereocenters. The summed E-state index contributed by atoms with van der Waals surface area (Å²) < 4.78 is 24.6. The standard InChI is InChI=1S/C17H26FN3O6/c1-3-5-11(18)6-4-9-26-17(25)20-12-7-8-21(16(24)19-12)15-14(23)13(22)10(2)27-15/h7-8,10-11,13-15,22-23H,3-6,9H2,1-2H3,(H,19,20,24,25)/t10-,11?,13-,14-,15-/m1/s1. The number of halogens is 1. The first-order valence-electron chi connectivity index (χ1n) is 9.02. The monoisotopic (exact) mass is 387 g/mol. The van der Waals surface area contributed by atoms with E-state index >= 15 is 0 Å². The number of aliphatic hydroxyl groups is 2. The summed E-state index contributed by atoms with van der Waals surface area (Å²) in [7, 11) is 0. The van der Waals surface area contributed by atoms with Crippen LogP contribution in [-0.4, -0.2) is 56.9 Å². The Morgan fingerprint density at radius 2 is 2.19 bits per heavy atom. The molecule has 27 heavy (non-hydrogen) atoms. The summed E-state index contributed by atoms with van der Waals surface area (Å²) in [6.07, 6.45) is -2.50. The van der Waals surface area contributed by atoms with Crippen molar-refractivity contribution >= 4 is 11.9 Å². The average molecular weight is 387 g/mol. The third kappa shape index (κ3) is 5.72. The molecule has 0 bridgehead atoms. The number of aromatic nitrogens is 2. The van der Waals surface area contributed by atoms with Gasteiger partial charge in [-0.1, -0.05) is 13.3 Å². The van der Waals surface area contributed by atoms with Gasteiger partial charge >= 0.3 is 11.8 Å². The number of amides is 1. The minimum absolute atomic E-state index is 0.0308. The Balaban J connectivity index is 1.85. The molecule has 9 nitrogen and oxygen atoms in total. The van der Waals surface area contributed by atoms with Gasteiger partial charge in [-0.3, -0.25) is 9.88 Å². The molecular weight excluding hydrogens is 361 g/mol. The minimum atomic E-state index is -1.27. The van der Waals surface area contributed by atoms with Gasteiger partial charge in [-0.25, -0.2) is 14.0 Å². The maximum absolute atomic E-state index is 13.3. The molecule has 1 aromatic rings. The number of hydrogen-bond donors (Lipinski definition) is 3. The molecule has 2 heterocycles. The van der Waals surface area contributed by atoms with Crippen LogP contribution in [0, 0.1) is 0 Å². The van der Waals surface area contributed by atoms with Crippen LogP contribution in [0.3, 0.4) is 0 Å². The summed E-state index contributed by atoms with van der Waals surface area (Å²) in [6, 6.07) is 1.34. The van der Waals surface area contributed by atoms with Crippen LogP contribution in [0.25, 0.3) is 0 Å². The summed E-state index contributed by atoms with van der Waals surface area (Å²) in [6.45, 7) is 3.54. The van der Waals surface area contributed by atoms with Gasteiger partial charge in [0, 0.05) is 6.20 Å². The number of carbonyl (C=O) groups excluding carboxylic acids is 1. The predicted octanol–water partition coefficient (Wildman–Crippen LogP) is 1.35. The quantitative estimate of drug-likeness (QED) is 0.575. The van der Waals surface area contributed by atoms with Crippen molar-refractivity contribution in [2.24, 2.45) is 0 Å². The van der Waals surface area contributed by atoms with Gasteiger partial charge in [-0.2, -0.15) is 4.98 Å². The zero-order chi connectivity index (χ0) is 20.0. The molecule has 1 aliphatic rings. The Hall–Kier alpha value is -2.04. The molecule has 1 aliphatic heterocycles. The summed E-state index contributed by atoms with van der Waals surface area (Å²) in [5.74, 6) is -0.0308. The molecule has 1 aromatic heterocycles. The lowest BCUT2D eigenvalue weighted by molar-refractivity contribution is -0.0350. The van der Waals surface area contributed by atoms with E-state index in [0.29, 0.717) is 19.3 Å². The van der Waals surface area contributed by atoms with Crippen molar-refractivity contribution in [3.8, 4) is 0 Å². The molecule has 0 spiro atoms. The number of nitrogens with zero attached hydrogens (tertiary/aromatic N) is 2. The second kappa shape index (κ2) is 9.77. The van der Waals surface area contributed by atoms with E-state index in [9.17, 15) is 24.2 Å². The Morgan fingerprint density at radius 1 is 1.44 bits per heavy atom. The van der Waals surface area contributed by atoms with Crippen LogP contribution in [-0.2, 0) is 9.47 Å². The van der Waals surface area contributed by atoms with Gasteiger partial charge in [0.2, 0.25) is 0 Å². The summed E-state index contributed by atoms with van der Waals surface area (Å²) in [5.41, 5.74) is -0.766. The highest BCUT2D eigenvalue weighted by atomic mass is 19.1. The van der Waals surface area contributed by atoms with E-state index in [4.69, 9.17) is 9.47 Å². The van der Waals surface area contributed by atoms with Crippen LogP contribution in [0.15, 0.2) is 17.1 Å². The average Bonchev–Trinajstić information content (AvgIpc) is 2.86. The van der Waals surface area contributed by atoms with E-state index in [2.05, 4.69) is 10.3 Å². The number of carbonyl (C=O) groups is 1. The van der Waals surface area contributed by atoms with Crippen molar-refractivity contribution < 1.29 is 28.9 Å². The molecule has 10 heteroatoms. The summed E-state index contributed by atoms with van der Waals surface area (Å²) in [5, 5.41) is 22.0. The van der Waals surface area contributed by atoms with Gasteiger partial charge in [0.15, 0.2) is 6.23 Å². The highest BCUT2D eigenvalue weighted by molar-refractivity contribution is 5.83. The van der Waals surface area contributed by atoms with Crippen LogP contribution in [0.1, 0.15) is 45.8 Å². The third-order valence-electron chi connectivity index (χ3n) is 4.31. The van der Waals surface area contributed by atoms with Crippen LogP contribution in [0.4, 0.5) is 15.0 Å². The van der Waals surface area contributed by atoms with E-state index in [1.807, 2.05) is 6.92 Å². The van der Waals surface area contributed by atoms with Gasteiger partial charge in [0.1, 0.15) is 24.2 Å². The molecule has 1 unspecified atom stereocenters. The van der Waals surface area contributed by atoms with Crippen molar-refractivity contribution in [3.63, 3.8) is 0 Å². The largest absolute Gasteiger partial charge is 0.449 e. The van der Waals surface area contributed by atoms with Crippen LogP contribution in [0.5, 0.6) is 0 Å². The first-order chi connectivity index (χ1) is 12.8. The van der Waals surface area contributed by atoms with Crippen LogP contribution < -0.4 is 11.0 Å². The second-order valence-electron chi connectivity index (χ2n) is 6.50. The lowest BCUT2D eigenvalue weighted by Crippen LogP contribution is -2.35. The van der Waals surface area contributed by atoms with E-state index in [1.54, 1.807) is 6.92 Å². The van der Waals surface area contributed by atoms with Crippen molar-refractivity contribution in [1.29, 1.82) is 0 Å². The maximum Gasteiger partial charge on any atom is 0.412 e. The SMILES string of the molecule is CCCC(F)CCCOC(=O)Nc1ccn([C@@H]2O[C@H](C)[C@@H](O)[C@H]2O)c(=O)n1. The molecular formula is C17H26FN3O6. The molecule has 1 fully saturated rings. The molecule has 0 saturated carbocycles. The van der Waals surface area contributed by atoms with Crippen molar-refractivity contribution in [2.75, 3.05) is 11.9 Å². The lowest BCUT2D eigenvalue weighted by Gasteiger charge is -2.17. The minimum Gasteiger partial charge on any atom is -0.449 e. The Kier molecular flexibility index (Phi) is 7.69. The first-order valence-corrected chi connectivity index (χ1v) is 9.02. The van der Waals surface area contributed by atoms with Crippen molar-refractivity contribution in [2.45, 2.75) is 70.2 Å². The zero-order valence-electron chi connectivity index (χ0n) is 15.4. The van der Waals surface area contributed by atoms with Gasteiger partial charge in [0.25, 0.3) is 0 Å². The number of anilines is 1. The van der Waals surface area contributed by atoms with Gasteiger partial charge in [0.05, 0.1) is 12.7 Å². The maximum atomic E-state index is 13.3. The smallest absolute Gasteiger partial charge is 0.412 e. The molecule has 0 radical (unpaired) electrons. The van der Waals surface area contributed by atoms with E-state index < -0.39 is 42.5 Å². The fourth-order valence-corrected chi connectivity index (χ4v) is 2.80. The first kappa shape index (κ1) is 21.3. The van der Waals surface area contributed by atoms with Crippen molar-refractivity contribution in [3.05, 3.63) is 22.7 Å². The van der Waals surface area contributed by atoms with Crippen LogP contribution >= 0.6 is 0 Å². The summed E-state index contributed by atoms with van der Waals surface area (Å²) in [4.78, 5) is 27.5. The second-order valence-corrected chi connectivity index (χ2v) is 6.50. The topological polar surface area (TPSA) is 123 Å². The highest BCUT2D eigenvalue weighted by Crippen LogP contribution is 2.27. The third-order valence-corrected chi connectivity index (χ3v) is 4.31. The number of ether oxygens (including phenoxy) is 2. The molecule has 1 saturated heterocycles. The number of aliphatic hydroxyl groups excluding tert-OH is 2. The fraction of sp³-hybridized carbons (Fsp3) is 0.706. The molecule has 1 amide bonds. The van der Waals surface area contributed by atoms with Gasteiger partial charge < -0.3 is 19.7 Å². The van der Waals surface area contributed by atoms with E-state index in [0.717, 1.165) is 11.0 Å². The number of rotatable bonds is 8. The van der Waals surface area contributed by atoms with Crippen molar-refractivity contribution in [1.82, 2.24) is 9.55 Å². The Labute approximate surface area is 156 Å². The molecule has 0 aliphatic carbocycles. The van der Waals surface area contributed by atoms with Gasteiger partial charge in [-0.05, 0) is 32.3 Å². The fourth-order valence-electron chi connectivity index (χ4n) is 2.80. The predicted molar refractivity (Wildman–Crippen MR) is 94.1 cm³/mol. The number of nitrogens with one attached hydrogen (secondary N) is 1. The molecule has 0 aromatic carbocycles. The Bertz CT molecular complexity index is 685. The zero-order valence-corrected chi connectivity index (χ0v) is 15.4. The lowest BCUT2D eigenvalue weighted by atomic mass is 10.1. The number of hydrogen-bond acceptors (Lipinski definition) is 7. The Morgan fingerprint density at radius 3 is 2.78 bits per heavy atom. The molecule has 2 rings (SSSR count). The molecule has 152 valence electrons. The number of alkyl halides is 1. The summed E-state index contributed by atoms with van der Waals surface area (Å²) >= 11 is 0. The molecule has 3 N–H and O–H groups in total. The highest BCUT2D eigenvalue weighted by Gasteiger charge is 2.41. The van der Waals surface area contributed by atoms with Gasteiger partial charge in [-0.15, -0.1) is 0 Å². The van der Waals surface area contributed by atoms with Crippen LogP contribution in [0.2, 0.25) is 0 Å². The van der Waals surface area contributed by atoms with E-state index in [-0.39, 0.29) is 12.4 Å². The van der Waals surface area contributed by atoms with E-state index in [1.165, 1.54) is 12.3 Å².